The zero-order chi connectivity index (χ0) is 16.6. The van der Waals surface area contributed by atoms with Gasteiger partial charge in [0.25, 0.3) is 0 Å². The first-order valence-electron chi connectivity index (χ1n) is 8.92. The average molecular weight is 333 g/mol. The van der Waals surface area contributed by atoms with Crippen molar-refractivity contribution in [3.63, 3.8) is 0 Å². The summed E-state index contributed by atoms with van der Waals surface area (Å²) in [5.41, 5.74) is -0.277. The number of likely N-dealkylation sites (tertiary alicyclic amines) is 1. The van der Waals surface area contributed by atoms with Gasteiger partial charge in [-0.05, 0) is 43.7 Å². The number of carbonyl (C=O) groups is 1. The van der Waals surface area contributed by atoms with Crippen molar-refractivity contribution in [3.8, 4) is 0 Å². The molecule has 130 valence electrons. The average Bonchev–Trinajstić information content (AvgIpc) is 3.31. The Morgan fingerprint density at radius 3 is 3.17 bits per heavy atom. The number of ether oxygens (including phenoxy) is 1. The van der Waals surface area contributed by atoms with E-state index in [1.807, 2.05) is 4.90 Å². The topological polar surface area (TPSA) is 54.5 Å². The summed E-state index contributed by atoms with van der Waals surface area (Å²) in [5, 5.41) is 3.15. The molecule has 1 aromatic heterocycles. The van der Waals surface area contributed by atoms with Gasteiger partial charge in [0.2, 0.25) is 5.91 Å². The second kappa shape index (κ2) is 6.31. The summed E-state index contributed by atoms with van der Waals surface area (Å²) in [7, 11) is 0. The van der Waals surface area contributed by atoms with Gasteiger partial charge in [0, 0.05) is 32.1 Å². The molecule has 1 amide bonds. The van der Waals surface area contributed by atoms with Crippen LogP contribution in [0.3, 0.4) is 0 Å². The third kappa shape index (κ3) is 3.38. The summed E-state index contributed by atoms with van der Waals surface area (Å²) in [6.07, 6.45) is 7.39. The number of pyridine rings is 1. The van der Waals surface area contributed by atoms with E-state index >= 15 is 0 Å². The summed E-state index contributed by atoms with van der Waals surface area (Å²) in [4.78, 5) is 18.4. The number of anilines is 1. The molecule has 2 unspecified atom stereocenters. The minimum atomic E-state index is -0.344. The summed E-state index contributed by atoms with van der Waals surface area (Å²) in [5.74, 6) is 0.817. The lowest BCUT2D eigenvalue weighted by molar-refractivity contribution is -0.139. The van der Waals surface area contributed by atoms with E-state index in [1.54, 1.807) is 12.3 Å². The van der Waals surface area contributed by atoms with Gasteiger partial charge in [-0.2, -0.15) is 0 Å². The van der Waals surface area contributed by atoms with Crippen LogP contribution in [0.5, 0.6) is 0 Å². The number of aromatic nitrogens is 1. The van der Waals surface area contributed by atoms with Crippen LogP contribution in [0.2, 0.25) is 0 Å². The van der Waals surface area contributed by atoms with Gasteiger partial charge in [0.15, 0.2) is 11.6 Å². The minimum absolute atomic E-state index is 0.0351. The number of amides is 1. The van der Waals surface area contributed by atoms with Crippen molar-refractivity contribution < 1.29 is 13.9 Å². The Hall–Kier alpha value is -1.69. The smallest absolute Gasteiger partial charge is 0.222 e. The molecule has 24 heavy (non-hydrogen) atoms. The molecule has 5 nitrogen and oxygen atoms in total. The molecule has 1 aromatic rings. The molecule has 1 aliphatic carbocycles. The van der Waals surface area contributed by atoms with Gasteiger partial charge >= 0.3 is 0 Å². The van der Waals surface area contributed by atoms with Gasteiger partial charge in [-0.15, -0.1) is 0 Å². The first-order valence-corrected chi connectivity index (χ1v) is 8.92. The fraction of sp³-hybridized carbons (Fsp3) is 0.667. The number of hydrogen-bond acceptors (Lipinski definition) is 4. The Morgan fingerprint density at radius 2 is 2.38 bits per heavy atom. The minimum Gasteiger partial charge on any atom is -0.371 e. The summed E-state index contributed by atoms with van der Waals surface area (Å²) in [6.45, 7) is 2.03. The second-order valence-corrected chi connectivity index (χ2v) is 7.44. The number of nitrogens with one attached hydrogen (secondary N) is 1. The van der Waals surface area contributed by atoms with Crippen molar-refractivity contribution in [2.45, 2.75) is 50.2 Å². The summed E-state index contributed by atoms with van der Waals surface area (Å²) in [6, 6.07) is 3.02. The molecule has 2 saturated heterocycles. The Labute approximate surface area is 141 Å². The predicted octanol–water partition coefficient (Wildman–Crippen LogP) is 2.58. The number of halogens is 1. The van der Waals surface area contributed by atoms with Gasteiger partial charge in [-0.25, -0.2) is 9.37 Å². The monoisotopic (exact) mass is 333 g/mol. The Kier molecular flexibility index (Phi) is 4.16. The van der Waals surface area contributed by atoms with Gasteiger partial charge < -0.3 is 15.0 Å². The van der Waals surface area contributed by atoms with E-state index in [2.05, 4.69) is 10.3 Å². The lowest BCUT2D eigenvalue weighted by Gasteiger charge is -2.39. The van der Waals surface area contributed by atoms with Gasteiger partial charge in [-0.1, -0.05) is 0 Å². The molecule has 3 fully saturated rings. The molecule has 2 aliphatic heterocycles. The molecule has 2 atom stereocenters. The highest BCUT2D eigenvalue weighted by atomic mass is 19.1. The molecule has 0 bridgehead atoms. The van der Waals surface area contributed by atoms with Crippen molar-refractivity contribution in [1.29, 1.82) is 0 Å². The lowest BCUT2D eigenvalue weighted by Crippen LogP contribution is -2.50. The van der Waals surface area contributed by atoms with E-state index in [1.165, 1.54) is 18.9 Å². The van der Waals surface area contributed by atoms with E-state index in [9.17, 15) is 9.18 Å². The standard InChI is InChI=1S/C18H24FN3O2/c19-15-3-1-7-20-17(15)21-14-10-18(24-11-14)6-2-8-22(12-18)16(23)9-13-4-5-13/h1,3,7,13-14H,2,4-6,8-12H2,(H,20,21). The molecule has 1 spiro atoms. The van der Waals surface area contributed by atoms with Crippen LogP contribution < -0.4 is 5.32 Å². The number of nitrogens with zero attached hydrogens (tertiary/aromatic N) is 2. The number of piperidine rings is 1. The highest BCUT2D eigenvalue weighted by Crippen LogP contribution is 2.37. The van der Waals surface area contributed by atoms with Crippen LogP contribution in [0.4, 0.5) is 10.2 Å². The Balaban J connectivity index is 1.37. The van der Waals surface area contributed by atoms with Crippen LogP contribution in [-0.2, 0) is 9.53 Å². The Bertz CT molecular complexity index is 622. The highest BCUT2D eigenvalue weighted by molar-refractivity contribution is 5.77. The van der Waals surface area contributed by atoms with Crippen LogP contribution in [0, 0.1) is 11.7 Å². The van der Waals surface area contributed by atoms with Gasteiger partial charge in [0.1, 0.15) is 0 Å². The van der Waals surface area contributed by atoms with Crippen LogP contribution in [-0.4, -0.2) is 47.1 Å². The molecular weight excluding hydrogens is 309 g/mol. The number of rotatable bonds is 4. The van der Waals surface area contributed by atoms with E-state index in [0.29, 0.717) is 25.5 Å². The third-order valence-corrected chi connectivity index (χ3v) is 5.36. The van der Waals surface area contributed by atoms with Crippen molar-refractivity contribution in [1.82, 2.24) is 9.88 Å². The van der Waals surface area contributed by atoms with Crippen molar-refractivity contribution >= 4 is 11.7 Å². The molecule has 3 heterocycles. The maximum Gasteiger partial charge on any atom is 0.222 e. The second-order valence-electron chi connectivity index (χ2n) is 7.44. The Morgan fingerprint density at radius 1 is 1.50 bits per heavy atom. The summed E-state index contributed by atoms with van der Waals surface area (Å²) < 4.78 is 19.9. The maximum atomic E-state index is 13.8. The van der Waals surface area contributed by atoms with Crippen molar-refractivity contribution in [3.05, 3.63) is 24.1 Å². The number of carbonyl (C=O) groups excluding carboxylic acids is 1. The SMILES string of the molecule is O=C(CC1CC1)N1CCCC2(CC(Nc3ncccc3F)CO2)C1. The zero-order valence-electron chi connectivity index (χ0n) is 13.8. The molecule has 4 rings (SSSR count). The number of hydrogen-bond donors (Lipinski definition) is 1. The van der Waals surface area contributed by atoms with E-state index in [0.717, 1.165) is 25.8 Å². The quantitative estimate of drug-likeness (QED) is 0.920. The fourth-order valence-corrected chi connectivity index (χ4v) is 3.92. The fourth-order valence-electron chi connectivity index (χ4n) is 3.92. The molecule has 1 N–H and O–H groups in total. The van der Waals surface area contributed by atoms with Crippen LogP contribution >= 0.6 is 0 Å². The summed E-state index contributed by atoms with van der Waals surface area (Å²) >= 11 is 0. The van der Waals surface area contributed by atoms with Crippen LogP contribution in [0.25, 0.3) is 0 Å². The van der Waals surface area contributed by atoms with E-state index in [4.69, 9.17) is 4.74 Å². The van der Waals surface area contributed by atoms with Crippen molar-refractivity contribution in [2.75, 3.05) is 25.0 Å². The van der Waals surface area contributed by atoms with Crippen molar-refractivity contribution in [2.24, 2.45) is 5.92 Å². The molecule has 1 saturated carbocycles. The molecule has 0 radical (unpaired) electrons. The third-order valence-electron chi connectivity index (χ3n) is 5.36. The van der Waals surface area contributed by atoms with Crippen LogP contribution in [0.15, 0.2) is 18.3 Å². The molecule has 0 aromatic carbocycles. The van der Waals surface area contributed by atoms with Crippen LogP contribution in [0.1, 0.15) is 38.5 Å². The first kappa shape index (κ1) is 15.8. The van der Waals surface area contributed by atoms with Gasteiger partial charge in [-0.3, -0.25) is 4.79 Å². The van der Waals surface area contributed by atoms with E-state index in [-0.39, 0.29) is 29.2 Å². The highest BCUT2D eigenvalue weighted by Gasteiger charge is 2.45. The van der Waals surface area contributed by atoms with Gasteiger partial charge in [0.05, 0.1) is 18.2 Å². The predicted molar refractivity (Wildman–Crippen MR) is 88.1 cm³/mol. The largest absolute Gasteiger partial charge is 0.371 e. The molecule has 6 heteroatoms. The molecule has 3 aliphatic rings. The maximum absolute atomic E-state index is 13.8. The normalized spacial score (nSPS) is 29.9. The molecular formula is C18H24FN3O2. The van der Waals surface area contributed by atoms with E-state index < -0.39 is 0 Å². The zero-order valence-corrected chi connectivity index (χ0v) is 13.8. The first-order chi connectivity index (χ1) is 11.6. The lowest BCUT2D eigenvalue weighted by atomic mass is 9.88.